The fourth-order valence-corrected chi connectivity index (χ4v) is 3.86. The van der Waals surface area contributed by atoms with Crippen LogP contribution >= 0.6 is 0 Å². The summed E-state index contributed by atoms with van der Waals surface area (Å²) < 4.78 is 1.79. The molecule has 2 aromatic heterocycles. The lowest BCUT2D eigenvalue weighted by Gasteiger charge is -2.33. The molecule has 28 heavy (non-hydrogen) atoms. The molecular weight excluding hydrogens is 356 g/mol. The maximum Gasteiger partial charge on any atom is 0.220 e. The van der Waals surface area contributed by atoms with E-state index in [9.17, 15) is 4.79 Å². The number of carbonyl (C=O) groups excluding carboxylic acids is 1. The van der Waals surface area contributed by atoms with Gasteiger partial charge in [-0.3, -0.25) is 4.79 Å². The Kier molecular flexibility index (Phi) is 5.72. The van der Waals surface area contributed by atoms with E-state index >= 15 is 0 Å². The molecule has 2 aliphatic rings. The molecular formula is C19H30N8O. The second kappa shape index (κ2) is 8.40. The summed E-state index contributed by atoms with van der Waals surface area (Å²) >= 11 is 0. The van der Waals surface area contributed by atoms with Crippen molar-refractivity contribution in [3.63, 3.8) is 0 Å². The van der Waals surface area contributed by atoms with Crippen LogP contribution in [0.15, 0.2) is 12.1 Å². The number of piperazine rings is 1. The van der Waals surface area contributed by atoms with E-state index in [1.54, 1.807) is 4.52 Å². The number of rotatable bonds is 5. The summed E-state index contributed by atoms with van der Waals surface area (Å²) in [6.07, 6.45) is 2.99. The Bertz CT molecular complexity index is 805. The number of nitrogens with zero attached hydrogens (tertiary/aromatic N) is 7. The Labute approximate surface area is 165 Å². The number of fused-ring (bicyclic) bond motifs is 1. The van der Waals surface area contributed by atoms with Gasteiger partial charge in [0.15, 0.2) is 11.5 Å². The van der Waals surface area contributed by atoms with Crippen LogP contribution in [0.2, 0.25) is 0 Å². The highest BCUT2D eigenvalue weighted by Crippen LogP contribution is 2.15. The van der Waals surface area contributed by atoms with Crippen LogP contribution in [0.5, 0.6) is 0 Å². The Hall–Kier alpha value is -2.26. The van der Waals surface area contributed by atoms with Crippen molar-refractivity contribution in [2.24, 2.45) is 0 Å². The summed E-state index contributed by atoms with van der Waals surface area (Å²) in [4.78, 5) is 19.3. The van der Waals surface area contributed by atoms with Gasteiger partial charge in [-0.2, -0.15) is 4.52 Å². The number of nitrogens with one attached hydrogen (secondary N) is 1. The second-order valence-electron chi connectivity index (χ2n) is 8.01. The lowest BCUT2D eigenvalue weighted by atomic mass is 10.1. The van der Waals surface area contributed by atoms with E-state index < -0.39 is 0 Å². The molecule has 0 aliphatic carbocycles. The first kappa shape index (κ1) is 19.1. The maximum absolute atomic E-state index is 12.4. The van der Waals surface area contributed by atoms with Crippen LogP contribution in [0, 0.1) is 0 Å². The number of carbonyl (C=O) groups is 1. The minimum absolute atomic E-state index is 0.0847. The van der Waals surface area contributed by atoms with Gasteiger partial charge in [0.1, 0.15) is 5.82 Å². The van der Waals surface area contributed by atoms with Gasteiger partial charge in [-0.1, -0.05) is 0 Å². The summed E-state index contributed by atoms with van der Waals surface area (Å²) in [5, 5.41) is 16.4. The van der Waals surface area contributed by atoms with E-state index in [-0.39, 0.29) is 5.91 Å². The quantitative estimate of drug-likeness (QED) is 0.776. The lowest BCUT2D eigenvalue weighted by Crippen LogP contribution is -2.45. The third-order valence-electron chi connectivity index (χ3n) is 5.80. The molecule has 0 aromatic carbocycles. The lowest BCUT2D eigenvalue weighted by molar-refractivity contribution is -0.122. The molecule has 0 radical (unpaired) electrons. The van der Waals surface area contributed by atoms with Crippen molar-refractivity contribution in [2.45, 2.75) is 31.7 Å². The molecule has 0 bridgehead atoms. The molecule has 9 nitrogen and oxygen atoms in total. The minimum Gasteiger partial charge on any atom is -0.353 e. The van der Waals surface area contributed by atoms with Crippen LogP contribution in [0.25, 0.3) is 5.65 Å². The number of piperidine rings is 1. The van der Waals surface area contributed by atoms with E-state index in [1.807, 2.05) is 12.1 Å². The smallest absolute Gasteiger partial charge is 0.220 e. The van der Waals surface area contributed by atoms with Crippen LogP contribution in [-0.4, -0.2) is 94.9 Å². The van der Waals surface area contributed by atoms with Crippen LogP contribution in [-0.2, 0) is 11.2 Å². The first-order chi connectivity index (χ1) is 13.6. The van der Waals surface area contributed by atoms with Crippen molar-refractivity contribution >= 4 is 17.4 Å². The highest BCUT2D eigenvalue weighted by Gasteiger charge is 2.20. The Balaban J connectivity index is 1.37. The van der Waals surface area contributed by atoms with Crippen LogP contribution in [0.3, 0.4) is 0 Å². The molecule has 4 rings (SSSR count). The number of hydrogen-bond donors (Lipinski definition) is 1. The molecule has 1 N–H and O–H groups in total. The first-order valence-corrected chi connectivity index (χ1v) is 10.2. The van der Waals surface area contributed by atoms with Crippen molar-refractivity contribution in [3.8, 4) is 0 Å². The van der Waals surface area contributed by atoms with Crippen molar-refractivity contribution < 1.29 is 4.79 Å². The normalized spacial score (nSPS) is 20.0. The molecule has 2 aromatic rings. The molecule has 9 heteroatoms. The van der Waals surface area contributed by atoms with Crippen molar-refractivity contribution in [1.82, 2.24) is 34.9 Å². The zero-order chi connectivity index (χ0) is 19.5. The van der Waals surface area contributed by atoms with Crippen LogP contribution < -0.4 is 10.2 Å². The molecule has 2 saturated heterocycles. The van der Waals surface area contributed by atoms with Crippen molar-refractivity contribution in [2.75, 3.05) is 58.3 Å². The topological polar surface area (TPSA) is 81.9 Å². The SMILES string of the molecule is CN1CCC(NC(=O)CCc2nnc3ccc(N4CCN(C)CC4)nn23)CC1. The van der Waals surface area contributed by atoms with Gasteiger partial charge in [-0.05, 0) is 52.2 Å². The monoisotopic (exact) mass is 386 g/mol. The zero-order valence-electron chi connectivity index (χ0n) is 16.8. The summed E-state index contributed by atoms with van der Waals surface area (Å²) in [7, 11) is 4.26. The van der Waals surface area contributed by atoms with Gasteiger partial charge in [0, 0.05) is 45.1 Å². The van der Waals surface area contributed by atoms with Crippen LogP contribution in [0.4, 0.5) is 5.82 Å². The highest BCUT2D eigenvalue weighted by atomic mass is 16.1. The van der Waals surface area contributed by atoms with Crippen molar-refractivity contribution in [1.29, 1.82) is 0 Å². The van der Waals surface area contributed by atoms with Gasteiger partial charge in [0.05, 0.1) is 0 Å². The fraction of sp³-hybridized carbons (Fsp3) is 0.684. The Morgan fingerprint density at radius 2 is 1.75 bits per heavy atom. The molecule has 0 saturated carbocycles. The standard InChI is InChI=1S/C19H30N8O/c1-24-9-7-15(8-10-24)20-19(28)6-5-17-22-21-16-3-4-18(23-27(16)17)26-13-11-25(2)12-14-26/h3-4,15H,5-14H2,1-2H3,(H,20,28). The minimum atomic E-state index is 0.0847. The predicted molar refractivity (Wildman–Crippen MR) is 107 cm³/mol. The van der Waals surface area contributed by atoms with Gasteiger partial charge in [0.2, 0.25) is 5.91 Å². The molecule has 2 aliphatic heterocycles. The molecule has 152 valence electrons. The van der Waals surface area contributed by atoms with E-state index in [1.165, 1.54) is 0 Å². The average molecular weight is 387 g/mol. The summed E-state index contributed by atoms with van der Waals surface area (Å²) in [5.74, 6) is 1.77. The molecule has 4 heterocycles. The van der Waals surface area contributed by atoms with E-state index in [0.717, 1.165) is 69.4 Å². The molecule has 2 fully saturated rings. The summed E-state index contributed by atoms with van der Waals surface area (Å²) in [6, 6.07) is 4.25. The highest BCUT2D eigenvalue weighted by molar-refractivity contribution is 5.76. The van der Waals surface area contributed by atoms with E-state index in [0.29, 0.717) is 18.9 Å². The number of amides is 1. The summed E-state index contributed by atoms with van der Waals surface area (Å²) in [5.41, 5.74) is 0.726. The van der Waals surface area contributed by atoms with E-state index in [2.05, 4.69) is 44.3 Å². The zero-order valence-corrected chi connectivity index (χ0v) is 16.8. The number of likely N-dealkylation sites (N-methyl/N-ethyl adjacent to an activating group) is 1. The Morgan fingerprint density at radius 3 is 2.50 bits per heavy atom. The number of aryl methyl sites for hydroxylation is 1. The largest absolute Gasteiger partial charge is 0.353 e. The molecule has 0 spiro atoms. The summed E-state index contributed by atoms with van der Waals surface area (Å²) in [6.45, 7) is 6.08. The second-order valence-corrected chi connectivity index (χ2v) is 8.01. The molecule has 0 unspecified atom stereocenters. The van der Waals surface area contributed by atoms with Gasteiger partial charge in [-0.15, -0.1) is 15.3 Å². The van der Waals surface area contributed by atoms with E-state index in [4.69, 9.17) is 5.10 Å². The number of hydrogen-bond acceptors (Lipinski definition) is 7. The number of aromatic nitrogens is 4. The maximum atomic E-state index is 12.4. The third kappa shape index (κ3) is 4.41. The van der Waals surface area contributed by atoms with Gasteiger partial charge in [0.25, 0.3) is 0 Å². The van der Waals surface area contributed by atoms with Gasteiger partial charge < -0.3 is 20.0 Å². The van der Waals surface area contributed by atoms with Crippen molar-refractivity contribution in [3.05, 3.63) is 18.0 Å². The predicted octanol–water partition coefficient (Wildman–Crippen LogP) is 0.0191. The average Bonchev–Trinajstić information content (AvgIpc) is 3.11. The molecule has 0 atom stereocenters. The fourth-order valence-electron chi connectivity index (χ4n) is 3.86. The Morgan fingerprint density at radius 1 is 1.04 bits per heavy atom. The van der Waals surface area contributed by atoms with Crippen LogP contribution in [0.1, 0.15) is 25.1 Å². The van der Waals surface area contributed by atoms with Gasteiger partial charge in [-0.25, -0.2) is 0 Å². The van der Waals surface area contributed by atoms with Gasteiger partial charge >= 0.3 is 0 Å². The number of likely N-dealkylation sites (tertiary alicyclic amines) is 1. The first-order valence-electron chi connectivity index (χ1n) is 10.2. The number of anilines is 1. The third-order valence-corrected chi connectivity index (χ3v) is 5.80. The molecule has 1 amide bonds.